The Labute approximate surface area is 137 Å². The average Bonchev–Trinajstić information content (AvgIpc) is 2.92. The van der Waals surface area contributed by atoms with Crippen molar-refractivity contribution in [1.29, 1.82) is 0 Å². The molecule has 2 aromatic heterocycles. The Morgan fingerprint density at radius 2 is 2.13 bits per heavy atom. The van der Waals surface area contributed by atoms with E-state index in [1.807, 2.05) is 0 Å². The Balaban J connectivity index is 1.85. The van der Waals surface area contributed by atoms with Crippen LogP contribution in [0.4, 0.5) is 0 Å². The van der Waals surface area contributed by atoms with Crippen LogP contribution in [0.15, 0.2) is 22.6 Å². The number of rotatable bonds is 5. The second-order valence-electron chi connectivity index (χ2n) is 6.00. The van der Waals surface area contributed by atoms with Crippen molar-refractivity contribution in [1.82, 2.24) is 14.9 Å². The maximum Gasteiger partial charge on any atom is 0.325 e. The van der Waals surface area contributed by atoms with E-state index in [0.29, 0.717) is 10.2 Å². The Morgan fingerprint density at radius 3 is 2.83 bits per heavy atom. The van der Waals surface area contributed by atoms with Crippen LogP contribution >= 0.6 is 11.3 Å². The minimum atomic E-state index is -0.587. The lowest BCUT2D eigenvalue weighted by molar-refractivity contribution is -0.154. The molecule has 2 heterocycles. The molecular formula is C15H19N3O4S. The van der Waals surface area contributed by atoms with Crippen molar-refractivity contribution >= 4 is 33.4 Å². The van der Waals surface area contributed by atoms with Gasteiger partial charge in [-0.25, -0.2) is 4.98 Å². The summed E-state index contributed by atoms with van der Waals surface area (Å²) in [5.41, 5.74) is -0.757. The van der Waals surface area contributed by atoms with Gasteiger partial charge in [0, 0.05) is 13.0 Å². The molecule has 8 heteroatoms. The Kier molecular flexibility index (Phi) is 5.15. The second-order valence-corrected chi connectivity index (χ2v) is 6.89. The Bertz CT molecular complexity index is 773. The highest BCUT2D eigenvalue weighted by molar-refractivity contribution is 7.16. The van der Waals surface area contributed by atoms with Crippen LogP contribution in [0.1, 0.15) is 27.2 Å². The number of nitrogens with one attached hydrogen (secondary N) is 1. The first kappa shape index (κ1) is 17.1. The molecule has 2 rings (SSSR count). The molecule has 2 aromatic rings. The lowest BCUT2D eigenvalue weighted by Crippen LogP contribution is -2.35. The van der Waals surface area contributed by atoms with Gasteiger partial charge >= 0.3 is 5.97 Å². The highest BCUT2D eigenvalue weighted by Crippen LogP contribution is 2.13. The van der Waals surface area contributed by atoms with Crippen LogP contribution in [-0.2, 0) is 20.9 Å². The van der Waals surface area contributed by atoms with Crippen molar-refractivity contribution in [2.24, 2.45) is 0 Å². The van der Waals surface area contributed by atoms with Crippen molar-refractivity contribution < 1.29 is 14.3 Å². The number of hydrogen-bond acceptors (Lipinski definition) is 6. The fourth-order valence-electron chi connectivity index (χ4n) is 1.91. The second kappa shape index (κ2) is 6.91. The minimum absolute atomic E-state index is 0.0834. The van der Waals surface area contributed by atoms with Crippen molar-refractivity contribution in [2.75, 3.05) is 6.54 Å². The van der Waals surface area contributed by atoms with Crippen LogP contribution in [-0.4, -0.2) is 33.6 Å². The number of carbonyl (C=O) groups excluding carboxylic acids is 2. The van der Waals surface area contributed by atoms with E-state index in [1.165, 1.54) is 22.2 Å². The van der Waals surface area contributed by atoms with Gasteiger partial charge in [-0.15, -0.1) is 11.3 Å². The minimum Gasteiger partial charge on any atom is -0.459 e. The van der Waals surface area contributed by atoms with Gasteiger partial charge < -0.3 is 10.1 Å². The Hall–Kier alpha value is -2.22. The highest BCUT2D eigenvalue weighted by atomic mass is 32.1. The number of thiophene rings is 1. The number of hydrogen-bond donors (Lipinski definition) is 1. The van der Waals surface area contributed by atoms with E-state index in [9.17, 15) is 14.4 Å². The van der Waals surface area contributed by atoms with E-state index >= 15 is 0 Å². The summed E-state index contributed by atoms with van der Waals surface area (Å²) in [6.45, 7) is 5.29. The molecule has 23 heavy (non-hydrogen) atoms. The summed E-state index contributed by atoms with van der Waals surface area (Å²) in [6, 6.07) is 1.72. The number of amides is 1. The molecule has 0 spiro atoms. The van der Waals surface area contributed by atoms with Crippen LogP contribution in [0.25, 0.3) is 10.2 Å². The first-order valence-corrected chi connectivity index (χ1v) is 8.05. The largest absolute Gasteiger partial charge is 0.459 e. The molecule has 0 unspecified atom stereocenters. The van der Waals surface area contributed by atoms with Crippen LogP contribution in [0, 0.1) is 0 Å². The maximum atomic E-state index is 12.1. The number of nitrogens with zero attached hydrogens (tertiary/aromatic N) is 2. The highest BCUT2D eigenvalue weighted by Gasteiger charge is 2.16. The molecule has 1 amide bonds. The maximum absolute atomic E-state index is 12.1. The molecule has 0 bridgehead atoms. The van der Waals surface area contributed by atoms with E-state index in [4.69, 9.17) is 4.74 Å². The third kappa shape index (κ3) is 4.88. The van der Waals surface area contributed by atoms with Crippen LogP contribution in [0.3, 0.4) is 0 Å². The zero-order chi connectivity index (χ0) is 17.0. The third-order valence-electron chi connectivity index (χ3n) is 2.88. The molecule has 124 valence electrons. The lowest BCUT2D eigenvalue weighted by Gasteiger charge is -2.19. The smallest absolute Gasteiger partial charge is 0.325 e. The van der Waals surface area contributed by atoms with Gasteiger partial charge in [0.05, 0.1) is 11.7 Å². The summed E-state index contributed by atoms with van der Waals surface area (Å²) in [5.74, 6) is -0.822. The van der Waals surface area contributed by atoms with E-state index in [2.05, 4.69) is 10.3 Å². The fourth-order valence-corrected chi connectivity index (χ4v) is 2.63. The first-order chi connectivity index (χ1) is 10.8. The van der Waals surface area contributed by atoms with E-state index < -0.39 is 11.6 Å². The van der Waals surface area contributed by atoms with E-state index in [1.54, 1.807) is 32.2 Å². The molecule has 0 aliphatic heterocycles. The standard InChI is InChI=1S/C15H19N3O4S/c1-15(2,3)22-12(20)8-16-11(19)4-6-18-9-17-13-10(14(18)21)5-7-23-13/h5,7,9H,4,6,8H2,1-3H3,(H,16,19). The molecule has 0 fully saturated rings. The van der Waals surface area contributed by atoms with Gasteiger partial charge in [-0.05, 0) is 32.2 Å². The summed E-state index contributed by atoms with van der Waals surface area (Å²) in [6.07, 6.45) is 1.52. The molecule has 1 N–H and O–H groups in total. The molecule has 0 aromatic carbocycles. The number of fused-ring (bicyclic) bond motifs is 1. The molecule has 0 saturated carbocycles. The molecule has 7 nitrogen and oxygen atoms in total. The number of aromatic nitrogens is 2. The zero-order valence-corrected chi connectivity index (χ0v) is 14.1. The van der Waals surface area contributed by atoms with Crippen molar-refractivity contribution in [3.05, 3.63) is 28.1 Å². The van der Waals surface area contributed by atoms with Crippen LogP contribution < -0.4 is 10.9 Å². The van der Waals surface area contributed by atoms with Gasteiger partial charge in [-0.3, -0.25) is 19.0 Å². The molecule has 0 saturated heterocycles. The zero-order valence-electron chi connectivity index (χ0n) is 13.3. The van der Waals surface area contributed by atoms with E-state index in [0.717, 1.165) is 0 Å². The summed E-state index contributed by atoms with van der Waals surface area (Å²) in [4.78, 5) is 40.3. The number of ether oxygens (including phenoxy) is 1. The fraction of sp³-hybridized carbons (Fsp3) is 0.467. The summed E-state index contributed by atoms with van der Waals surface area (Å²) in [7, 11) is 0. The predicted octanol–water partition coefficient (Wildman–Crippen LogP) is 1.31. The van der Waals surface area contributed by atoms with Gasteiger partial charge in [0.25, 0.3) is 5.56 Å². The van der Waals surface area contributed by atoms with Gasteiger partial charge in [0.1, 0.15) is 17.0 Å². The van der Waals surface area contributed by atoms with Crippen LogP contribution in [0.2, 0.25) is 0 Å². The summed E-state index contributed by atoms with van der Waals surface area (Å²) < 4.78 is 6.48. The molecule has 0 radical (unpaired) electrons. The number of aryl methyl sites for hydroxylation is 1. The van der Waals surface area contributed by atoms with Gasteiger partial charge in [0.2, 0.25) is 5.91 Å². The van der Waals surface area contributed by atoms with Gasteiger partial charge in [0.15, 0.2) is 0 Å². The van der Waals surface area contributed by atoms with Crippen molar-refractivity contribution in [3.63, 3.8) is 0 Å². The number of esters is 1. The molecule has 0 atom stereocenters. The van der Waals surface area contributed by atoms with Crippen molar-refractivity contribution in [3.8, 4) is 0 Å². The summed E-state index contributed by atoms with van der Waals surface area (Å²) >= 11 is 1.40. The monoisotopic (exact) mass is 337 g/mol. The molecular weight excluding hydrogens is 318 g/mol. The SMILES string of the molecule is CC(C)(C)OC(=O)CNC(=O)CCn1cnc2sccc2c1=O. The predicted molar refractivity (Wildman–Crippen MR) is 87.4 cm³/mol. The van der Waals surface area contributed by atoms with Crippen LogP contribution in [0.5, 0.6) is 0 Å². The lowest BCUT2D eigenvalue weighted by atomic mass is 10.2. The van der Waals surface area contributed by atoms with Gasteiger partial charge in [-0.1, -0.05) is 0 Å². The quantitative estimate of drug-likeness (QED) is 0.831. The topological polar surface area (TPSA) is 90.3 Å². The molecule has 0 aliphatic rings. The van der Waals surface area contributed by atoms with Gasteiger partial charge in [-0.2, -0.15) is 0 Å². The van der Waals surface area contributed by atoms with E-state index in [-0.39, 0.29) is 31.0 Å². The number of carbonyl (C=O) groups is 2. The Morgan fingerprint density at radius 1 is 1.39 bits per heavy atom. The normalized spacial score (nSPS) is 11.4. The first-order valence-electron chi connectivity index (χ1n) is 7.17. The third-order valence-corrected chi connectivity index (χ3v) is 3.70. The summed E-state index contributed by atoms with van der Waals surface area (Å²) in [5, 5.41) is 4.83. The van der Waals surface area contributed by atoms with Crippen molar-refractivity contribution in [2.45, 2.75) is 39.3 Å². The molecule has 0 aliphatic carbocycles. The average molecular weight is 337 g/mol.